The number of sulfonamides is 1. The number of unbranched alkanes of at least 4 members (excludes halogenated alkanes) is 2. The second-order valence-corrected chi connectivity index (χ2v) is 18.3. The summed E-state index contributed by atoms with van der Waals surface area (Å²) in [5, 5.41) is 27.3. The van der Waals surface area contributed by atoms with Crippen LogP contribution in [0.1, 0.15) is 94.7 Å². The Hall–Kier alpha value is -4.53. The lowest BCUT2D eigenvalue weighted by molar-refractivity contribution is -0.251. The van der Waals surface area contributed by atoms with Crippen molar-refractivity contribution < 1.29 is 42.5 Å². The van der Waals surface area contributed by atoms with E-state index in [1.807, 2.05) is 44.2 Å². The number of ether oxygens (including phenoxy) is 3. The third-order valence-corrected chi connectivity index (χ3v) is 14.2. The molecule has 3 aromatic carbocycles. The van der Waals surface area contributed by atoms with Gasteiger partial charge in [0.1, 0.15) is 23.9 Å². The van der Waals surface area contributed by atoms with Gasteiger partial charge in [-0.25, -0.2) is 8.42 Å². The number of benzene rings is 3. The van der Waals surface area contributed by atoms with Gasteiger partial charge in [0.05, 0.1) is 29.2 Å². The molecular weight excluding hydrogens is 795 g/mol. The van der Waals surface area contributed by atoms with Crippen molar-refractivity contribution in [2.75, 3.05) is 38.3 Å². The van der Waals surface area contributed by atoms with E-state index in [9.17, 15) is 15.0 Å². The second-order valence-electron chi connectivity index (χ2n) is 16.4. The number of nitrogens with zero attached hydrogens (tertiary/aromatic N) is 2. The van der Waals surface area contributed by atoms with Crippen molar-refractivity contribution in [1.82, 2.24) is 4.31 Å². The Morgan fingerprint density at radius 1 is 0.984 bits per heavy atom. The van der Waals surface area contributed by atoms with E-state index in [2.05, 4.69) is 37.9 Å². The van der Waals surface area contributed by atoms with Crippen molar-refractivity contribution >= 4 is 27.3 Å². The summed E-state index contributed by atoms with van der Waals surface area (Å²) in [6, 6.07) is 17.1. The number of amides is 1. The zero-order valence-corrected chi connectivity index (χ0v) is 37.1. The van der Waals surface area contributed by atoms with E-state index in [4.69, 9.17) is 24.2 Å². The van der Waals surface area contributed by atoms with Crippen LogP contribution in [0.5, 0.6) is 17.2 Å². The van der Waals surface area contributed by atoms with Crippen LogP contribution in [0.15, 0.2) is 95.0 Å². The van der Waals surface area contributed by atoms with Crippen LogP contribution >= 0.6 is 0 Å². The predicted octanol–water partition coefficient (Wildman–Crippen LogP) is 8.81. The average molecular weight is 858 g/mol. The molecule has 3 aromatic rings. The van der Waals surface area contributed by atoms with Gasteiger partial charge in [0.2, 0.25) is 21.7 Å². The number of aliphatic hydroxyl groups excluding tert-OH is 2. The molecule has 12 nitrogen and oxygen atoms in total. The van der Waals surface area contributed by atoms with Crippen molar-refractivity contribution in [3.05, 3.63) is 102 Å². The summed E-state index contributed by atoms with van der Waals surface area (Å²) in [6.07, 6.45) is 9.03. The van der Waals surface area contributed by atoms with Gasteiger partial charge in [-0.05, 0) is 136 Å². The Morgan fingerprint density at radius 2 is 1.69 bits per heavy atom. The molecule has 0 saturated heterocycles. The highest BCUT2D eigenvalue weighted by Crippen LogP contribution is 2.62. The molecule has 3 N–H and O–H groups in total. The number of aliphatic hydroxyl groups is 2. The molecule has 0 radical (unpaired) electrons. The predicted molar refractivity (Wildman–Crippen MR) is 238 cm³/mol. The molecule has 0 unspecified atom stereocenters. The van der Waals surface area contributed by atoms with Gasteiger partial charge in [-0.3, -0.25) is 4.79 Å². The Kier molecular flexibility index (Phi) is 15.5. The number of carbonyl (C=O) groups is 1. The van der Waals surface area contributed by atoms with Crippen molar-refractivity contribution in [3.8, 4) is 17.2 Å². The first-order valence-corrected chi connectivity index (χ1v) is 23.2. The quantitative estimate of drug-likeness (QED) is 0.0542. The number of nitrogens with one attached hydrogen (secondary N) is 1. The standard InChI is InChI=1S/C48H63N3O9S/c1-7-24-51(61(55,56)39-21-17-36(18-22-39)49-34(6)54)45-31-43(50-58-9-3)41-29-35(14-10-12-25-52)40(15-11-13-26-53)46-42-30-38(59-37-19-16-32(4)33(5)28-37)20-23-44(42)60-48(45,47(41)46)57-27-8-2/h8,16-23,28-30,35,40,45-47,52-53H,2,7,9-15,24-27,31H2,1,3-6H3,(H,49,54)/t35-,40+,45-,46+,47+,48+/m0/s1. The molecule has 61 heavy (non-hydrogen) atoms. The van der Waals surface area contributed by atoms with Crippen LogP contribution in [0.25, 0.3) is 0 Å². The minimum Gasteiger partial charge on any atom is -0.460 e. The van der Waals surface area contributed by atoms with Crippen LogP contribution in [-0.2, 0) is 24.4 Å². The summed E-state index contributed by atoms with van der Waals surface area (Å²) < 4.78 is 52.6. The molecule has 1 aliphatic heterocycles. The van der Waals surface area contributed by atoms with Gasteiger partial charge in [0, 0.05) is 50.3 Å². The van der Waals surface area contributed by atoms with Crippen molar-refractivity contribution in [3.63, 3.8) is 0 Å². The van der Waals surface area contributed by atoms with Gasteiger partial charge in [-0.2, -0.15) is 4.31 Å². The number of hydrogen-bond donors (Lipinski definition) is 3. The Bertz CT molecular complexity index is 2170. The van der Waals surface area contributed by atoms with Crippen molar-refractivity contribution in [2.24, 2.45) is 22.9 Å². The maximum atomic E-state index is 15.1. The highest BCUT2D eigenvalue weighted by atomic mass is 32.2. The van der Waals surface area contributed by atoms with Crippen molar-refractivity contribution in [1.29, 1.82) is 0 Å². The summed E-state index contributed by atoms with van der Waals surface area (Å²) in [5.74, 6) is -0.657. The van der Waals surface area contributed by atoms with Gasteiger partial charge >= 0.3 is 0 Å². The largest absolute Gasteiger partial charge is 0.460 e. The van der Waals surface area contributed by atoms with Gasteiger partial charge in [0.15, 0.2) is 0 Å². The smallest absolute Gasteiger partial charge is 0.243 e. The molecular formula is C48H63N3O9S. The molecule has 0 spiro atoms. The van der Waals surface area contributed by atoms with Gasteiger partial charge in [0.25, 0.3) is 0 Å². The summed E-state index contributed by atoms with van der Waals surface area (Å²) in [4.78, 5) is 17.7. The van der Waals surface area contributed by atoms with Crippen LogP contribution in [0.3, 0.4) is 0 Å². The molecule has 1 fully saturated rings. The molecule has 1 amide bonds. The highest BCUT2D eigenvalue weighted by molar-refractivity contribution is 7.89. The summed E-state index contributed by atoms with van der Waals surface area (Å²) >= 11 is 0. The van der Waals surface area contributed by atoms with Crippen LogP contribution in [0.2, 0.25) is 0 Å². The number of rotatable bonds is 21. The fourth-order valence-electron chi connectivity index (χ4n) is 9.46. The SMILES string of the molecule is C=CCO[C@@]12Oc3ccc(Oc4ccc(C)c(C)c4)cc3[C@H]3[C@H](CCCCO)[C@@H](CCCCO)C=C(C(=NOCC)C[C@@H]1N(CCC)S(=O)(=O)c1ccc(NC(C)=O)cc1)[C@H]32. The van der Waals surface area contributed by atoms with E-state index in [1.54, 1.807) is 18.2 Å². The zero-order valence-electron chi connectivity index (χ0n) is 36.3. The van der Waals surface area contributed by atoms with Crippen LogP contribution in [0.4, 0.5) is 5.69 Å². The third-order valence-electron chi connectivity index (χ3n) is 12.2. The number of hydrogen-bond acceptors (Lipinski definition) is 10. The Morgan fingerprint density at radius 3 is 2.34 bits per heavy atom. The first-order chi connectivity index (χ1) is 29.4. The lowest BCUT2D eigenvalue weighted by Gasteiger charge is -2.59. The Labute approximate surface area is 361 Å². The molecule has 1 saturated carbocycles. The van der Waals surface area contributed by atoms with Crippen LogP contribution in [0, 0.1) is 31.6 Å². The number of aryl methyl sites for hydroxylation is 2. The van der Waals surface area contributed by atoms with E-state index in [0.717, 1.165) is 42.4 Å². The Balaban J connectivity index is 1.60. The number of carbonyl (C=O) groups excluding carboxylic acids is 1. The topological polar surface area (TPSA) is 156 Å². The summed E-state index contributed by atoms with van der Waals surface area (Å²) in [7, 11) is -4.22. The zero-order chi connectivity index (χ0) is 43.7. The lowest BCUT2D eigenvalue weighted by Crippen LogP contribution is -2.70. The first kappa shape index (κ1) is 46.0. The molecule has 2 aliphatic carbocycles. The van der Waals surface area contributed by atoms with E-state index in [-0.39, 0.29) is 61.3 Å². The van der Waals surface area contributed by atoms with E-state index < -0.39 is 27.8 Å². The first-order valence-electron chi connectivity index (χ1n) is 21.8. The van der Waals surface area contributed by atoms with Gasteiger partial charge in [-0.15, -0.1) is 6.58 Å². The molecule has 6 atom stereocenters. The summed E-state index contributed by atoms with van der Waals surface area (Å²) in [5.41, 5.74) is 5.21. The number of allylic oxidation sites excluding steroid dienone is 1. The molecule has 13 heteroatoms. The number of fused-ring (bicyclic) bond motifs is 2. The molecule has 0 aromatic heterocycles. The third kappa shape index (κ3) is 9.92. The fourth-order valence-corrected chi connectivity index (χ4v) is 11.2. The lowest BCUT2D eigenvalue weighted by atomic mass is 9.55. The minimum atomic E-state index is -4.22. The van der Waals surface area contributed by atoms with Gasteiger partial charge < -0.3 is 34.6 Å². The number of oxime groups is 1. The average Bonchev–Trinajstić information content (AvgIpc) is 3.24. The maximum Gasteiger partial charge on any atom is 0.243 e. The van der Waals surface area contributed by atoms with E-state index >= 15 is 8.42 Å². The maximum absolute atomic E-state index is 15.1. The van der Waals surface area contributed by atoms with Crippen molar-refractivity contribution in [2.45, 2.75) is 109 Å². The van der Waals surface area contributed by atoms with Crippen LogP contribution < -0.4 is 14.8 Å². The monoisotopic (exact) mass is 857 g/mol. The minimum absolute atomic E-state index is 0.00913. The molecule has 330 valence electrons. The van der Waals surface area contributed by atoms with E-state index in [0.29, 0.717) is 54.5 Å². The normalized spacial score (nSPS) is 23.7. The second kappa shape index (κ2) is 20.6. The van der Waals surface area contributed by atoms with E-state index in [1.165, 1.54) is 28.9 Å². The highest BCUT2D eigenvalue weighted by Gasteiger charge is 2.66. The fraction of sp³-hybridized carbons (Fsp3) is 0.500. The number of anilines is 1. The molecule has 3 aliphatic rings. The van der Waals surface area contributed by atoms with Crippen LogP contribution in [-0.4, -0.2) is 79.4 Å². The molecule has 6 rings (SSSR count). The molecule has 0 bridgehead atoms. The molecule has 1 heterocycles. The summed E-state index contributed by atoms with van der Waals surface area (Å²) in [6.45, 7) is 14.0. The van der Waals surface area contributed by atoms with Gasteiger partial charge in [-0.1, -0.05) is 43.1 Å².